The second kappa shape index (κ2) is 56.7. The first-order valence-electron chi connectivity index (χ1n) is 48.9. The van der Waals surface area contributed by atoms with Gasteiger partial charge in [-0.15, -0.1) is 0 Å². The molecule has 0 aromatic heterocycles. The predicted molar refractivity (Wildman–Crippen MR) is 715 cm³/mol. The Kier molecular flexibility index (Phi) is 50.9. The van der Waals surface area contributed by atoms with E-state index in [0.717, 1.165) is 0 Å². The van der Waals surface area contributed by atoms with Crippen LogP contribution in [0.4, 0.5) is 0 Å². The van der Waals surface area contributed by atoms with Gasteiger partial charge in [-0.1, -0.05) is 413 Å². The van der Waals surface area contributed by atoms with E-state index in [2.05, 4.69) is 488 Å². The van der Waals surface area contributed by atoms with Crippen molar-refractivity contribution in [3.8, 4) is 0 Å². The molecule has 28 heteroatoms. The Morgan fingerprint density at radius 2 is 0.235 bits per heavy atom. The molecule has 18 rings (SSSR count). The van der Waals surface area contributed by atoms with E-state index in [1.807, 2.05) is 0 Å². The first kappa shape index (κ1) is 122. The third-order valence-corrected chi connectivity index (χ3v) is 85.7. The molecule has 18 aliphatic heterocycles. The van der Waals surface area contributed by atoms with Gasteiger partial charge in [-0.05, 0) is 379 Å². The largest absolute Gasteiger partial charge is 0.106 e. The summed E-state index contributed by atoms with van der Waals surface area (Å²) >= 11 is 36.6. The summed E-state index contributed by atoms with van der Waals surface area (Å²) in [5.41, 5.74) is 89.0. The Morgan fingerprint density at radius 3 is 0.316 bits per heavy atom. The van der Waals surface area contributed by atoms with Gasteiger partial charge in [0.25, 0.3) is 0 Å². The molecule has 0 fully saturated rings. The molecule has 0 aliphatic carbocycles. The maximum atomic E-state index is 3.75. The summed E-state index contributed by atoms with van der Waals surface area (Å²) in [6.07, 6.45) is 0. The zero-order valence-electron chi connectivity index (χ0n) is 89.6. The van der Waals surface area contributed by atoms with Crippen LogP contribution < -0.4 is 0 Å². The average Bonchev–Trinajstić information content (AvgIpc) is 1.64. The average molecular weight is 2760 g/mol. The molecule has 136 heavy (non-hydrogen) atoms. The van der Waals surface area contributed by atoms with Gasteiger partial charge in [-0.2, -0.15) is 0 Å². The van der Waals surface area contributed by atoms with E-state index in [-0.39, 0.29) is 171 Å². The molecule has 18 aliphatic rings. The molecule has 0 N–H and O–H groups in total. The first-order chi connectivity index (χ1) is 63.6. The molecule has 0 amide bonds. The van der Waals surface area contributed by atoms with Crippen LogP contribution in [0.2, 0.25) is 0 Å². The summed E-state index contributed by atoms with van der Waals surface area (Å²) in [4.78, 5) is 0. The molecule has 0 aromatic rings. The third-order valence-electron chi connectivity index (χ3n) is 31.9. The van der Waals surface area contributed by atoms with Gasteiger partial charge in [-0.25, -0.2) is 0 Å². The van der Waals surface area contributed by atoms with Crippen LogP contribution in [-0.2, 0) is 0 Å². The quantitative estimate of drug-likeness (QED) is 0.233. The van der Waals surface area contributed by atoms with E-state index < -0.39 is 0 Å². The Hall–Kier alpha value is -0.656. The smallest absolute Gasteiger partial charge is 0.0938 e. The fourth-order valence-electron chi connectivity index (χ4n) is 18.5. The van der Waals surface area contributed by atoms with Gasteiger partial charge in [0.2, 0.25) is 0 Å². The molecule has 0 spiro atoms. The molecule has 0 nitrogen and oxygen atoms in total. The normalized spacial score (nSPS) is 23.7. The highest BCUT2D eigenvalue weighted by Gasteiger charge is 2.31. The van der Waals surface area contributed by atoms with Crippen LogP contribution in [0.1, 0.15) is 249 Å². The van der Waals surface area contributed by atoms with Gasteiger partial charge in [0.1, 0.15) is 9.52 Å². The van der Waals surface area contributed by atoms with E-state index >= 15 is 0 Å². The highest BCUT2D eigenvalue weighted by Crippen LogP contribution is 2.45. The second-order valence-corrected chi connectivity index (χ2v) is 87.9. The minimum Gasteiger partial charge on any atom is -0.0938 e. The molecule has 18 heterocycles. The van der Waals surface area contributed by atoms with E-state index in [1.54, 1.807) is 140 Å². The lowest BCUT2D eigenvalue weighted by Crippen LogP contribution is -2.04. The lowest BCUT2D eigenvalue weighted by Gasteiger charge is -2.09. The molecular weight excluding hydrogens is 2600 g/mol. The standard InChI is InChI=1S/C12H16Br2Si2.4C12H17BrSi2.C12H18Si2.C6H8Br2Si.2C6H9BrSi.3C6H10Si/c1-5-7(3)11(13)15-9(5)10-6(2)8(4)12(14)16-10;4*1-6-5-14-10(7(6)2)11-8(3)9(4)12(13)15-11;1-7-5-13-11(9(7)3)12-10(4)8(2)6-14-12;1-3-4(2)6(8)9-5(3)7;2*1-4-3-8-6(7)5(4)2;3*1-5-3-7-4-6(5)2/h15-16H2,1-4H3;4*5H,14-15H2,1-4H3;5-6H,13-14H2,1-4H3;9H2,1-2H3;2*3H,8H2,1-2H3;3*3-4H,7H2,1-2H3. The van der Waals surface area contributed by atoms with Crippen LogP contribution in [0, 0.1) is 0 Å². The van der Waals surface area contributed by atoms with Crippen molar-refractivity contribution in [2.45, 2.75) is 249 Å². The highest BCUT2D eigenvalue weighted by atomic mass is 79.9. The SMILES string of the molecule is CC1=C(Br)[SiH2]C(Br)=C1C.CC1=C(Br)[SiH2]C(C2=C(C)C(C)=C(Br)[SiH2]2)=C1C.CC1=C[SiH2]C(Br)=C1C.CC1=C[SiH2]C(Br)=C1C.CC1=C[SiH2]C(C2=C(C)C(C)=C(Br)[SiH2]2)=C1C.CC1=C[SiH2]C(C2=C(C)C(C)=C(Br)[SiH2]2)=C1C.CC1=C[SiH2]C(C2=C(C)C(C)=C(Br)[SiH2]2)=C1C.CC1=C[SiH2]C(C2=C(C)C(C)=C(Br)[SiH2]2)=C1C.CC1=C[SiH2]C(C2=C(C)C(C)=C[SiH2]2)=C1C.CC1=C[SiH2]C=C1C.CC1=C[SiH2]C=C1C.CC1=C[SiH2]C=C1C. The molecule has 0 unspecified atom stereocenters. The number of hydrogen-bond donors (Lipinski definition) is 0. The van der Waals surface area contributed by atoms with Crippen molar-refractivity contribution in [2.24, 2.45) is 0 Å². The lowest BCUT2D eigenvalue weighted by atomic mass is 10.1. The molecule has 0 atom stereocenters. The summed E-state index contributed by atoms with van der Waals surface area (Å²) in [7, 11) is -1.37. The van der Waals surface area contributed by atoms with E-state index in [1.165, 1.54) is 164 Å². The highest BCUT2D eigenvalue weighted by molar-refractivity contribution is 9.14. The summed E-state index contributed by atoms with van der Waals surface area (Å²) in [5.74, 6) is 0. The van der Waals surface area contributed by atoms with Gasteiger partial charge in [-0.3, -0.25) is 0 Å². The summed E-state index contributed by atoms with van der Waals surface area (Å²) in [5, 5.41) is 21.0. The van der Waals surface area contributed by atoms with Crippen molar-refractivity contribution in [3.05, 3.63) is 384 Å². The minimum absolute atomic E-state index is 0.00694. The van der Waals surface area contributed by atoms with Crippen LogP contribution in [-0.4, -0.2) is 171 Å². The van der Waals surface area contributed by atoms with Gasteiger partial charge >= 0.3 is 0 Å². The molecule has 0 radical (unpaired) electrons. The zero-order valence-corrected chi connectivity index (χ0v) is 131. The first-order valence-corrected chi connectivity index (χ1v) is 83.8. The molecular formula is C108H158Br10Si18. The predicted octanol–water partition coefficient (Wildman–Crippen LogP) is 23.3. The fraction of sp³-hybridized carbons (Fsp3) is 0.333. The molecule has 0 bridgehead atoms. The van der Waals surface area contributed by atoms with Crippen LogP contribution in [0.25, 0.3) is 0 Å². The van der Waals surface area contributed by atoms with Crippen LogP contribution in [0.15, 0.2) is 384 Å². The van der Waals surface area contributed by atoms with E-state index in [4.69, 9.17) is 0 Å². The third kappa shape index (κ3) is 32.2. The number of halogens is 10. The Balaban J connectivity index is 0.000000205. The van der Waals surface area contributed by atoms with Crippen molar-refractivity contribution in [1.29, 1.82) is 0 Å². The molecule has 0 saturated heterocycles. The Bertz CT molecular complexity index is 5590. The monoisotopic (exact) mass is 2750 g/mol. The van der Waals surface area contributed by atoms with Crippen LogP contribution >= 0.6 is 159 Å². The Labute approximate surface area is 951 Å². The number of hydrogen-bond acceptors (Lipinski definition) is 0. The van der Waals surface area contributed by atoms with Crippen molar-refractivity contribution in [1.82, 2.24) is 0 Å². The molecule has 0 aromatic carbocycles. The van der Waals surface area contributed by atoms with Gasteiger partial charge in [0, 0.05) is 0 Å². The number of rotatable bonds is 6. The second-order valence-electron chi connectivity index (χ2n) is 39.5. The van der Waals surface area contributed by atoms with Gasteiger partial charge in [0.15, 0.2) is 0 Å². The maximum Gasteiger partial charge on any atom is 0.106 e. The summed E-state index contributed by atoms with van der Waals surface area (Å²) in [6, 6.07) is 0. The molecule has 0 saturated carbocycles. The Morgan fingerprint density at radius 1 is 0.110 bits per heavy atom. The van der Waals surface area contributed by atoms with Crippen molar-refractivity contribution < 1.29 is 0 Å². The minimum atomic E-state index is -0.215. The fourth-order valence-corrected chi connectivity index (χ4v) is 66.3. The maximum absolute atomic E-state index is 3.75. The topological polar surface area (TPSA) is 0 Å². The zero-order chi connectivity index (χ0) is 102. The van der Waals surface area contributed by atoms with Crippen LogP contribution in [0.5, 0.6) is 0 Å². The molecule has 732 valence electrons. The summed E-state index contributed by atoms with van der Waals surface area (Å²) < 4.78 is 15.0. The van der Waals surface area contributed by atoms with Crippen LogP contribution in [0.3, 0.4) is 0 Å². The van der Waals surface area contributed by atoms with Crippen molar-refractivity contribution in [2.75, 3.05) is 0 Å². The van der Waals surface area contributed by atoms with Gasteiger partial charge < -0.3 is 0 Å². The number of allylic oxidation sites excluding steroid dienone is 48. The van der Waals surface area contributed by atoms with Crippen molar-refractivity contribution >= 4 is 331 Å². The lowest BCUT2D eigenvalue weighted by molar-refractivity contribution is 1.32. The van der Waals surface area contributed by atoms with E-state index in [9.17, 15) is 0 Å². The van der Waals surface area contributed by atoms with Gasteiger partial charge in [0.05, 0.1) is 162 Å². The van der Waals surface area contributed by atoms with Crippen molar-refractivity contribution in [3.63, 3.8) is 0 Å². The van der Waals surface area contributed by atoms with E-state index in [0.29, 0.717) is 0 Å². The summed E-state index contributed by atoms with van der Waals surface area (Å²) in [6.45, 7) is 80.9.